The Labute approximate surface area is 364 Å². The Balaban J connectivity index is 0.970. The van der Waals surface area contributed by atoms with Crippen LogP contribution in [0.2, 0.25) is 0 Å². The van der Waals surface area contributed by atoms with Gasteiger partial charge in [-0.15, -0.1) is 0 Å². The fraction of sp³-hybridized carbons (Fsp3) is 0.935. The van der Waals surface area contributed by atoms with E-state index < -0.39 is 104 Å². The van der Waals surface area contributed by atoms with Crippen LogP contribution in [-0.2, 0) is 33.2 Å². The number of hydrogen-bond acceptors (Lipinski definition) is 15. The Morgan fingerprint density at radius 1 is 0.694 bits per heavy atom. The third-order valence-corrected chi connectivity index (χ3v) is 19.0. The zero-order chi connectivity index (χ0) is 45.0. The van der Waals surface area contributed by atoms with Crippen LogP contribution in [0.3, 0.4) is 0 Å². The lowest BCUT2D eigenvalue weighted by molar-refractivity contribution is -0.381. The number of hydrogen-bond donors (Lipinski definition) is 9. The molecule has 8 aliphatic rings. The van der Waals surface area contributed by atoms with E-state index in [1.165, 1.54) is 6.92 Å². The zero-order valence-electron chi connectivity index (χ0n) is 37.2. The van der Waals surface area contributed by atoms with E-state index in [9.17, 15) is 50.8 Å². The maximum atomic E-state index is 13.1. The summed E-state index contributed by atoms with van der Waals surface area (Å²) in [4.78, 5) is 13.1. The zero-order valence-corrected chi connectivity index (χ0v) is 37.2. The number of aliphatic hydroxyl groups is 8. The van der Waals surface area contributed by atoms with Gasteiger partial charge in [0, 0.05) is 0 Å². The Kier molecular flexibility index (Phi) is 13.0. The molecule has 8 rings (SSSR count). The van der Waals surface area contributed by atoms with Crippen molar-refractivity contribution in [1.82, 2.24) is 0 Å². The number of carbonyl (C=O) groups is 1. The van der Waals surface area contributed by atoms with Gasteiger partial charge in [0.25, 0.3) is 0 Å². The van der Waals surface area contributed by atoms with Gasteiger partial charge >= 0.3 is 5.97 Å². The molecule has 3 aliphatic heterocycles. The van der Waals surface area contributed by atoms with Crippen LogP contribution in [0.15, 0.2) is 12.2 Å². The molecule has 3 saturated heterocycles. The molecule has 0 radical (unpaired) electrons. The summed E-state index contributed by atoms with van der Waals surface area (Å²) in [7, 11) is 0. The van der Waals surface area contributed by atoms with Gasteiger partial charge in [0.1, 0.15) is 61.0 Å². The molecule has 0 spiro atoms. The Morgan fingerprint density at radius 3 is 2.06 bits per heavy atom. The van der Waals surface area contributed by atoms with E-state index >= 15 is 0 Å². The third kappa shape index (κ3) is 7.19. The quantitative estimate of drug-likeness (QED) is 0.118. The number of ether oxygens (including phenoxy) is 6. The molecule has 3 heterocycles. The highest BCUT2D eigenvalue weighted by molar-refractivity contribution is 5.76. The minimum Gasteiger partial charge on any atom is -0.481 e. The summed E-state index contributed by atoms with van der Waals surface area (Å²) in [6.45, 7) is 16.7. The molecule has 0 aromatic carbocycles. The molecular weight excluding hydrogens is 808 g/mol. The molecule has 354 valence electrons. The molecule has 25 atom stereocenters. The predicted molar refractivity (Wildman–Crippen MR) is 218 cm³/mol. The molecule has 16 nitrogen and oxygen atoms in total. The van der Waals surface area contributed by atoms with Crippen LogP contribution in [-0.4, -0.2) is 157 Å². The first-order valence-corrected chi connectivity index (χ1v) is 23.3. The number of rotatable bonds is 9. The second kappa shape index (κ2) is 17.1. The summed E-state index contributed by atoms with van der Waals surface area (Å²) >= 11 is 0. The largest absolute Gasteiger partial charge is 0.481 e. The topological polar surface area (TPSA) is 255 Å². The lowest BCUT2D eigenvalue weighted by Crippen LogP contribution is -2.66. The summed E-state index contributed by atoms with van der Waals surface area (Å²) in [5.74, 6) is 0.898. The summed E-state index contributed by atoms with van der Waals surface area (Å²) < 4.78 is 36.1. The first-order valence-electron chi connectivity index (χ1n) is 23.3. The van der Waals surface area contributed by atoms with Gasteiger partial charge in [-0.3, -0.25) is 4.79 Å². The van der Waals surface area contributed by atoms with Crippen molar-refractivity contribution >= 4 is 5.97 Å². The van der Waals surface area contributed by atoms with Crippen LogP contribution >= 0.6 is 0 Å². The fourth-order valence-corrected chi connectivity index (χ4v) is 15.3. The molecular formula is C46H74O16. The molecule has 0 aromatic heterocycles. The molecule has 0 aromatic rings. The SMILES string of the molecule is C=C(C)[C@@H]1CC[C@]2(C(=O)O)CC[C@]3(C)[C@H](CC[C@@H]4[C@@]5(C)CC[C@H](O[C@H]6OC[C@H](O)[C@@H](O)[C@@H]6O[C@H]6O[C@@H](C)[C@H](O)[C@@H](O[C@@H]7O[C@H](CO)[C@@H](O)[C@@H](O)[C@@H]7O)[C@@H]6O)[C@H](C)[C@@H]5CC[C@]43C)[C@@H]12. The van der Waals surface area contributed by atoms with Gasteiger partial charge in [-0.25, -0.2) is 0 Å². The van der Waals surface area contributed by atoms with Crippen molar-refractivity contribution in [3.05, 3.63) is 12.2 Å². The van der Waals surface area contributed by atoms with Crippen molar-refractivity contribution in [3.63, 3.8) is 0 Å². The number of aliphatic hydroxyl groups excluding tert-OH is 8. The average molecular weight is 883 g/mol. The molecule has 5 aliphatic carbocycles. The average Bonchev–Trinajstić information content (AvgIpc) is 3.64. The number of fused-ring (bicyclic) bond motifs is 7. The summed E-state index contributed by atoms with van der Waals surface area (Å²) in [5, 5.41) is 96.2. The van der Waals surface area contributed by atoms with Crippen molar-refractivity contribution in [2.45, 2.75) is 198 Å². The van der Waals surface area contributed by atoms with E-state index in [4.69, 9.17) is 28.4 Å². The van der Waals surface area contributed by atoms with Crippen molar-refractivity contribution < 1.29 is 79.2 Å². The van der Waals surface area contributed by atoms with Gasteiger partial charge < -0.3 is 74.4 Å². The van der Waals surface area contributed by atoms with E-state index in [-0.39, 0.29) is 46.7 Å². The lowest BCUT2D eigenvalue weighted by atomic mass is 9.33. The minimum atomic E-state index is -1.80. The summed E-state index contributed by atoms with van der Waals surface area (Å²) in [6.07, 6.45) is -12.1. The number of carboxylic acids is 1. The Morgan fingerprint density at radius 2 is 1.39 bits per heavy atom. The number of allylic oxidation sites excluding steroid dienone is 1. The molecule has 62 heavy (non-hydrogen) atoms. The van der Waals surface area contributed by atoms with E-state index in [0.29, 0.717) is 17.8 Å². The van der Waals surface area contributed by atoms with Gasteiger partial charge in [-0.2, -0.15) is 0 Å². The second-order valence-electron chi connectivity index (χ2n) is 21.6. The van der Waals surface area contributed by atoms with Crippen LogP contribution in [0.25, 0.3) is 0 Å². The van der Waals surface area contributed by atoms with Crippen molar-refractivity contribution in [2.24, 2.45) is 57.2 Å². The summed E-state index contributed by atoms with van der Waals surface area (Å²) in [6, 6.07) is 0. The van der Waals surface area contributed by atoms with E-state index in [1.807, 2.05) is 0 Å². The van der Waals surface area contributed by atoms with E-state index in [0.717, 1.165) is 69.8 Å². The first-order chi connectivity index (χ1) is 29.1. The molecule has 9 N–H and O–H groups in total. The number of carboxylic acid groups (broad SMARTS) is 1. The van der Waals surface area contributed by atoms with Crippen LogP contribution < -0.4 is 0 Å². The smallest absolute Gasteiger partial charge is 0.309 e. The predicted octanol–water partition coefficient (Wildman–Crippen LogP) is 1.84. The maximum absolute atomic E-state index is 13.1. The van der Waals surface area contributed by atoms with Gasteiger partial charge in [-0.1, -0.05) is 39.8 Å². The third-order valence-electron chi connectivity index (χ3n) is 19.0. The normalized spacial score (nSPS) is 56.5. The van der Waals surface area contributed by atoms with E-state index in [2.05, 4.69) is 41.2 Å². The van der Waals surface area contributed by atoms with Crippen LogP contribution in [0, 0.1) is 57.2 Å². The highest BCUT2D eigenvalue weighted by Gasteiger charge is 2.71. The van der Waals surface area contributed by atoms with Crippen LogP contribution in [0.4, 0.5) is 0 Å². The van der Waals surface area contributed by atoms with Gasteiger partial charge in [-0.05, 0) is 130 Å². The van der Waals surface area contributed by atoms with Gasteiger partial charge in [0.15, 0.2) is 18.9 Å². The standard InChI is InChI=1S/C46H74O16/c1-20(2)23-10-15-46(42(55)56)17-16-44(6)25(30(23)46)8-9-29-43(5)13-12-27(21(3)24(43)11-14-45(29,44)7)59-41-38(32(50)26(48)19-57-41)62-40-36(54)37(31(49)22(4)58-40)61-39-35(53)34(52)33(51)28(18-47)60-39/h21-41,47-54H,1,8-19H2,2-7H3,(H,55,56)/t21-,22+,23+,24+,25-,26+,27+,28-,29-,30-,31+,32-,33-,34-,35+,36+,37-,38+,39+,40-,41-,43+,44-,45-,46+/m1/s1. The number of aliphatic carboxylic acids is 1. The lowest BCUT2D eigenvalue weighted by Gasteiger charge is -2.71. The Bertz CT molecular complexity index is 1650. The molecule has 8 fully saturated rings. The minimum absolute atomic E-state index is 0.00219. The summed E-state index contributed by atoms with van der Waals surface area (Å²) in [5.41, 5.74) is 0.492. The molecule has 0 bridgehead atoms. The Hall–Kier alpha value is -1.35. The molecule has 5 saturated carbocycles. The molecule has 0 amide bonds. The highest BCUT2D eigenvalue weighted by Crippen LogP contribution is 2.77. The van der Waals surface area contributed by atoms with Gasteiger partial charge in [0.2, 0.25) is 0 Å². The van der Waals surface area contributed by atoms with Crippen LogP contribution in [0.5, 0.6) is 0 Å². The van der Waals surface area contributed by atoms with E-state index in [1.54, 1.807) is 0 Å². The highest BCUT2D eigenvalue weighted by atomic mass is 16.8. The van der Waals surface area contributed by atoms with Crippen molar-refractivity contribution in [2.75, 3.05) is 13.2 Å². The van der Waals surface area contributed by atoms with Crippen molar-refractivity contribution in [3.8, 4) is 0 Å². The van der Waals surface area contributed by atoms with Crippen LogP contribution in [0.1, 0.15) is 106 Å². The maximum Gasteiger partial charge on any atom is 0.309 e. The second-order valence-corrected chi connectivity index (χ2v) is 21.6. The molecule has 0 unspecified atom stereocenters. The molecule has 16 heteroatoms. The van der Waals surface area contributed by atoms with Crippen molar-refractivity contribution in [1.29, 1.82) is 0 Å². The van der Waals surface area contributed by atoms with Gasteiger partial charge in [0.05, 0.1) is 30.8 Å². The first kappa shape index (κ1) is 47.2. The monoisotopic (exact) mass is 882 g/mol. The fourth-order valence-electron chi connectivity index (χ4n) is 15.3.